The number of hydrogen-bond donors (Lipinski definition) is 1. The van der Waals surface area contributed by atoms with Gasteiger partial charge in [-0.3, -0.25) is 14.4 Å². The van der Waals surface area contributed by atoms with Crippen LogP contribution in [-0.4, -0.2) is 48.9 Å². The van der Waals surface area contributed by atoms with Crippen molar-refractivity contribution in [1.82, 2.24) is 10.2 Å². The summed E-state index contributed by atoms with van der Waals surface area (Å²) >= 11 is 0. The maximum atomic E-state index is 11.8. The van der Waals surface area contributed by atoms with Crippen LogP contribution in [0, 0.1) is 5.92 Å². The van der Waals surface area contributed by atoms with Crippen LogP contribution in [0.25, 0.3) is 0 Å². The fourth-order valence-corrected chi connectivity index (χ4v) is 1.99. The molecule has 0 spiro atoms. The Labute approximate surface area is 107 Å². The number of hydrogen-bond acceptors (Lipinski definition) is 4. The third-order valence-corrected chi connectivity index (χ3v) is 2.95. The van der Waals surface area contributed by atoms with Gasteiger partial charge in [-0.25, -0.2) is 0 Å². The summed E-state index contributed by atoms with van der Waals surface area (Å²) in [5.74, 6) is -0.867. The number of amides is 2. The van der Waals surface area contributed by atoms with Crippen LogP contribution < -0.4 is 5.32 Å². The van der Waals surface area contributed by atoms with Gasteiger partial charge in [0.15, 0.2) is 0 Å². The van der Waals surface area contributed by atoms with Gasteiger partial charge in [-0.2, -0.15) is 0 Å². The molecule has 1 rings (SSSR count). The molecule has 18 heavy (non-hydrogen) atoms. The number of likely N-dealkylation sites (tertiary alicyclic amines) is 1. The fourth-order valence-electron chi connectivity index (χ4n) is 1.99. The summed E-state index contributed by atoms with van der Waals surface area (Å²) < 4.78 is 4.72. The average molecular weight is 256 g/mol. The molecule has 0 aromatic rings. The first-order chi connectivity index (χ1) is 8.54. The van der Waals surface area contributed by atoms with E-state index in [1.165, 1.54) is 6.92 Å². The zero-order valence-electron chi connectivity index (χ0n) is 10.9. The first-order valence-corrected chi connectivity index (χ1v) is 6.23. The summed E-state index contributed by atoms with van der Waals surface area (Å²) in [6.07, 6.45) is 1.56. The van der Waals surface area contributed by atoms with Crippen molar-refractivity contribution in [2.24, 2.45) is 5.92 Å². The fraction of sp³-hybridized carbons (Fsp3) is 0.750. The lowest BCUT2D eigenvalue weighted by atomic mass is 9.97. The van der Waals surface area contributed by atoms with Crippen LogP contribution >= 0.6 is 0 Å². The minimum Gasteiger partial charge on any atom is -0.465 e. The highest BCUT2D eigenvalue weighted by molar-refractivity contribution is 5.84. The Kier molecular flexibility index (Phi) is 5.61. The molecule has 1 N–H and O–H groups in total. The van der Waals surface area contributed by atoms with Gasteiger partial charge >= 0.3 is 5.97 Å². The molecule has 6 heteroatoms. The van der Waals surface area contributed by atoms with E-state index in [1.807, 2.05) is 0 Å². The lowest BCUT2D eigenvalue weighted by Crippen LogP contribution is -2.45. The van der Waals surface area contributed by atoms with Gasteiger partial charge in [0.2, 0.25) is 11.8 Å². The molecule has 0 aromatic carbocycles. The van der Waals surface area contributed by atoms with Gasteiger partial charge in [0.05, 0.1) is 12.5 Å². The van der Waals surface area contributed by atoms with E-state index in [4.69, 9.17) is 4.74 Å². The molecule has 0 radical (unpaired) electrons. The third kappa shape index (κ3) is 4.35. The molecule has 2 amide bonds. The highest BCUT2D eigenvalue weighted by Gasteiger charge is 2.27. The number of piperidine rings is 1. The second kappa shape index (κ2) is 6.98. The SMILES string of the molecule is CCOC(=O)CNC(=O)C1CCCN(C(C)=O)C1. The van der Waals surface area contributed by atoms with Gasteiger partial charge < -0.3 is 15.0 Å². The van der Waals surface area contributed by atoms with Crippen molar-refractivity contribution in [3.63, 3.8) is 0 Å². The van der Waals surface area contributed by atoms with E-state index < -0.39 is 5.97 Å². The maximum Gasteiger partial charge on any atom is 0.325 e. The monoisotopic (exact) mass is 256 g/mol. The summed E-state index contributed by atoms with van der Waals surface area (Å²) in [4.78, 5) is 35.8. The van der Waals surface area contributed by atoms with Crippen molar-refractivity contribution >= 4 is 17.8 Å². The van der Waals surface area contributed by atoms with Gasteiger partial charge in [-0.15, -0.1) is 0 Å². The van der Waals surface area contributed by atoms with Crippen LogP contribution in [-0.2, 0) is 19.1 Å². The van der Waals surface area contributed by atoms with Crippen LogP contribution in [0.3, 0.4) is 0 Å². The van der Waals surface area contributed by atoms with E-state index >= 15 is 0 Å². The normalized spacial score (nSPS) is 19.2. The van der Waals surface area contributed by atoms with Crippen molar-refractivity contribution in [1.29, 1.82) is 0 Å². The van der Waals surface area contributed by atoms with Crippen molar-refractivity contribution in [3.8, 4) is 0 Å². The minimum atomic E-state index is -0.440. The van der Waals surface area contributed by atoms with Crippen LogP contribution in [0.2, 0.25) is 0 Å². The molecule has 6 nitrogen and oxygen atoms in total. The van der Waals surface area contributed by atoms with Gasteiger partial charge in [0.25, 0.3) is 0 Å². The van der Waals surface area contributed by atoms with Crippen LogP contribution in [0.15, 0.2) is 0 Å². The third-order valence-electron chi connectivity index (χ3n) is 2.95. The van der Waals surface area contributed by atoms with Gasteiger partial charge in [0.1, 0.15) is 6.54 Å². The van der Waals surface area contributed by atoms with Gasteiger partial charge in [-0.1, -0.05) is 0 Å². The van der Waals surface area contributed by atoms with Gasteiger partial charge in [-0.05, 0) is 19.8 Å². The largest absolute Gasteiger partial charge is 0.465 e. The summed E-state index contributed by atoms with van der Waals surface area (Å²) in [6, 6.07) is 0. The molecule has 102 valence electrons. The zero-order chi connectivity index (χ0) is 13.5. The molecule has 1 aliphatic heterocycles. The van der Waals surface area contributed by atoms with E-state index in [0.29, 0.717) is 19.7 Å². The standard InChI is InChI=1S/C12H20N2O4/c1-3-18-11(16)7-13-12(17)10-5-4-6-14(8-10)9(2)15/h10H,3-8H2,1-2H3,(H,13,17). The summed E-state index contributed by atoms with van der Waals surface area (Å²) in [5.41, 5.74) is 0. The number of nitrogens with zero attached hydrogens (tertiary/aromatic N) is 1. The lowest BCUT2D eigenvalue weighted by Gasteiger charge is -2.31. The zero-order valence-corrected chi connectivity index (χ0v) is 10.9. The Bertz CT molecular complexity index is 330. The summed E-state index contributed by atoms with van der Waals surface area (Å²) in [5, 5.41) is 2.54. The van der Waals surface area contributed by atoms with E-state index in [1.54, 1.807) is 11.8 Å². The van der Waals surface area contributed by atoms with Crippen molar-refractivity contribution < 1.29 is 19.1 Å². The first kappa shape index (κ1) is 14.5. The van der Waals surface area contributed by atoms with Crippen LogP contribution in [0.5, 0.6) is 0 Å². The molecule has 0 aliphatic carbocycles. The number of nitrogens with one attached hydrogen (secondary N) is 1. The van der Waals surface area contributed by atoms with Crippen LogP contribution in [0.1, 0.15) is 26.7 Å². The molecule has 1 atom stereocenters. The quantitative estimate of drug-likeness (QED) is 0.714. The number of ether oxygens (including phenoxy) is 1. The molecular weight excluding hydrogens is 236 g/mol. The van der Waals surface area contributed by atoms with Crippen molar-refractivity contribution in [2.45, 2.75) is 26.7 Å². The summed E-state index contributed by atoms with van der Waals surface area (Å²) in [6.45, 7) is 4.55. The maximum absolute atomic E-state index is 11.8. The Morgan fingerprint density at radius 3 is 2.72 bits per heavy atom. The Morgan fingerprint density at radius 2 is 2.11 bits per heavy atom. The van der Waals surface area contributed by atoms with E-state index in [2.05, 4.69) is 5.32 Å². The number of carbonyl (C=O) groups excluding carboxylic acids is 3. The predicted octanol–water partition coefficient (Wildman–Crippen LogP) is -0.0758. The molecule has 0 aromatic heterocycles. The van der Waals surface area contributed by atoms with E-state index in [9.17, 15) is 14.4 Å². The molecule has 0 saturated carbocycles. The molecule has 1 fully saturated rings. The first-order valence-electron chi connectivity index (χ1n) is 6.23. The molecule has 1 saturated heterocycles. The molecule has 1 unspecified atom stereocenters. The molecule has 1 heterocycles. The minimum absolute atomic E-state index is 0.0158. The Balaban J connectivity index is 2.37. The number of esters is 1. The molecular formula is C12H20N2O4. The topological polar surface area (TPSA) is 75.7 Å². The molecule has 1 aliphatic rings. The second-order valence-electron chi connectivity index (χ2n) is 4.33. The molecule has 0 bridgehead atoms. The highest BCUT2D eigenvalue weighted by atomic mass is 16.5. The summed E-state index contributed by atoms with van der Waals surface area (Å²) in [7, 11) is 0. The predicted molar refractivity (Wildman–Crippen MR) is 64.6 cm³/mol. The lowest BCUT2D eigenvalue weighted by molar-refractivity contribution is -0.144. The highest BCUT2D eigenvalue weighted by Crippen LogP contribution is 2.16. The van der Waals surface area contributed by atoms with Crippen molar-refractivity contribution in [3.05, 3.63) is 0 Å². The number of carbonyl (C=O) groups is 3. The van der Waals surface area contributed by atoms with E-state index in [0.717, 1.165) is 12.8 Å². The number of rotatable bonds is 4. The van der Waals surface area contributed by atoms with Crippen LogP contribution in [0.4, 0.5) is 0 Å². The second-order valence-corrected chi connectivity index (χ2v) is 4.33. The van der Waals surface area contributed by atoms with E-state index in [-0.39, 0.29) is 24.3 Å². The average Bonchev–Trinajstić information content (AvgIpc) is 2.36. The Morgan fingerprint density at radius 1 is 1.39 bits per heavy atom. The van der Waals surface area contributed by atoms with Gasteiger partial charge in [0, 0.05) is 20.0 Å². The van der Waals surface area contributed by atoms with Crippen molar-refractivity contribution in [2.75, 3.05) is 26.2 Å². The Hall–Kier alpha value is -1.59. The smallest absolute Gasteiger partial charge is 0.325 e.